The van der Waals surface area contributed by atoms with Gasteiger partial charge >= 0.3 is 3.98 Å². The molecule has 0 radical (unpaired) electrons. The van der Waals surface area contributed by atoms with Crippen molar-refractivity contribution in [2.75, 3.05) is 26.3 Å². The summed E-state index contributed by atoms with van der Waals surface area (Å²) in [5.74, 6) is 0. The molecule has 3 heterocycles. The van der Waals surface area contributed by atoms with Crippen molar-refractivity contribution < 1.29 is 9.47 Å². The first kappa shape index (κ1) is 9.66. The van der Waals surface area contributed by atoms with Gasteiger partial charge < -0.3 is 9.47 Å². The van der Waals surface area contributed by atoms with Gasteiger partial charge in [0.2, 0.25) is 10.1 Å². The molecular weight excluding hydrogens is 230 g/mol. The van der Waals surface area contributed by atoms with E-state index in [1.807, 2.05) is 0 Å². The lowest BCUT2D eigenvalue weighted by Crippen LogP contribution is -2.31. The van der Waals surface area contributed by atoms with Gasteiger partial charge in [0.1, 0.15) is 26.3 Å². The first-order valence-corrected chi connectivity index (χ1v) is 7.04. The highest BCUT2D eigenvalue weighted by molar-refractivity contribution is 7.29. The van der Waals surface area contributed by atoms with Crippen molar-refractivity contribution in [1.29, 1.82) is 0 Å². The lowest BCUT2D eigenvalue weighted by molar-refractivity contribution is 0.183. The minimum absolute atomic E-state index is 0.694. The fourth-order valence-corrected chi connectivity index (χ4v) is 4.29. The minimum atomic E-state index is 0.694. The van der Waals surface area contributed by atoms with Gasteiger partial charge in [0.25, 0.3) is 0 Å². The van der Waals surface area contributed by atoms with E-state index in [0.717, 1.165) is 10.1 Å². The van der Waals surface area contributed by atoms with Gasteiger partial charge in [-0.05, 0) is 29.1 Å². The predicted octanol–water partition coefficient (Wildman–Crippen LogP) is 1.54. The number of rotatable bonds is 0. The lowest BCUT2D eigenvalue weighted by atomic mass is 10.2. The topological polar surface area (TPSA) is 21.5 Å². The van der Waals surface area contributed by atoms with E-state index in [2.05, 4.69) is 4.58 Å². The average Bonchev–Trinajstić information content (AvgIpc) is 2.74. The Morgan fingerprint density at radius 1 is 0.867 bits per heavy atom. The molecule has 2 aliphatic rings. The molecule has 1 saturated heterocycles. The first-order chi connectivity index (χ1) is 7.43. The van der Waals surface area contributed by atoms with Crippen molar-refractivity contribution in [3.8, 4) is 10.1 Å². The van der Waals surface area contributed by atoms with E-state index >= 15 is 0 Å². The minimum Gasteiger partial charge on any atom is -0.477 e. The molecule has 0 unspecified atom stereocenters. The van der Waals surface area contributed by atoms with Crippen molar-refractivity contribution in [3.63, 3.8) is 0 Å². The number of piperidine rings is 1. The molecule has 1 aromatic heterocycles. The van der Waals surface area contributed by atoms with Crippen LogP contribution >= 0.6 is 22.7 Å². The van der Waals surface area contributed by atoms with E-state index in [1.165, 1.54) is 36.3 Å². The molecule has 1 aromatic rings. The Balaban J connectivity index is 2.00. The SMILES string of the molecule is C1CC[N+](=c2sc3c(s2)OCCO3)CC1. The fourth-order valence-electron chi connectivity index (χ4n) is 1.91. The van der Waals surface area contributed by atoms with Crippen LogP contribution in [0.25, 0.3) is 0 Å². The Morgan fingerprint density at radius 2 is 1.47 bits per heavy atom. The molecule has 0 aromatic carbocycles. The smallest absolute Gasteiger partial charge is 0.320 e. The van der Waals surface area contributed by atoms with Gasteiger partial charge in [-0.1, -0.05) is 0 Å². The number of hydrogen-bond donors (Lipinski definition) is 0. The molecule has 0 spiro atoms. The van der Waals surface area contributed by atoms with E-state index in [0.29, 0.717) is 13.2 Å². The van der Waals surface area contributed by atoms with Crippen molar-refractivity contribution in [1.82, 2.24) is 4.58 Å². The first-order valence-electron chi connectivity index (χ1n) is 5.41. The quantitative estimate of drug-likeness (QED) is 0.646. The molecule has 0 bridgehead atoms. The van der Waals surface area contributed by atoms with E-state index in [4.69, 9.17) is 9.47 Å². The number of fused-ring (bicyclic) bond motifs is 1. The highest BCUT2D eigenvalue weighted by Gasteiger charge is 2.21. The van der Waals surface area contributed by atoms with E-state index in [-0.39, 0.29) is 0 Å². The van der Waals surface area contributed by atoms with Crippen molar-refractivity contribution in [3.05, 3.63) is 3.98 Å². The van der Waals surface area contributed by atoms with Gasteiger partial charge in [-0.25, -0.2) is 4.58 Å². The third-order valence-electron chi connectivity index (χ3n) is 2.69. The summed E-state index contributed by atoms with van der Waals surface area (Å²) in [4.78, 5) is 0. The number of ether oxygens (including phenoxy) is 2. The van der Waals surface area contributed by atoms with Crippen LogP contribution in [0, 0.1) is 0 Å². The lowest BCUT2D eigenvalue weighted by Gasteiger charge is -2.11. The molecule has 0 aliphatic carbocycles. The number of hydrogen-bond acceptors (Lipinski definition) is 4. The second-order valence-corrected chi connectivity index (χ2v) is 5.97. The third-order valence-corrected chi connectivity index (χ3v) is 5.16. The van der Waals surface area contributed by atoms with Crippen LogP contribution in [0.3, 0.4) is 0 Å². The zero-order valence-corrected chi connectivity index (χ0v) is 10.2. The molecule has 0 amide bonds. The highest BCUT2D eigenvalue weighted by atomic mass is 32.2. The van der Waals surface area contributed by atoms with Gasteiger partial charge in [0.15, 0.2) is 0 Å². The molecule has 3 nitrogen and oxygen atoms in total. The summed E-state index contributed by atoms with van der Waals surface area (Å²) < 4.78 is 15.0. The molecule has 0 saturated carbocycles. The van der Waals surface area contributed by atoms with Crippen molar-refractivity contribution >= 4 is 22.7 Å². The van der Waals surface area contributed by atoms with Crippen LogP contribution in [0.1, 0.15) is 19.3 Å². The maximum absolute atomic E-state index is 5.57. The zero-order chi connectivity index (χ0) is 10.1. The van der Waals surface area contributed by atoms with Crippen LogP contribution in [0.5, 0.6) is 10.1 Å². The molecule has 2 aliphatic heterocycles. The second-order valence-electron chi connectivity index (χ2n) is 3.79. The Labute approximate surface area is 96.6 Å². The summed E-state index contributed by atoms with van der Waals surface area (Å²) in [5, 5.41) is 1.96. The largest absolute Gasteiger partial charge is 0.477 e. The maximum Gasteiger partial charge on any atom is 0.320 e. The summed E-state index contributed by atoms with van der Waals surface area (Å²) >= 11 is 3.48. The Bertz CT molecular complexity index is 387. The predicted molar refractivity (Wildman–Crippen MR) is 62.0 cm³/mol. The van der Waals surface area contributed by atoms with Crippen LogP contribution in [0.4, 0.5) is 0 Å². The summed E-state index contributed by atoms with van der Waals surface area (Å²) in [6.07, 6.45) is 4.01. The molecule has 5 heteroatoms. The fraction of sp³-hybridized carbons (Fsp3) is 0.700. The normalized spacial score (nSPS) is 20.4. The van der Waals surface area contributed by atoms with Gasteiger partial charge in [-0.2, -0.15) is 0 Å². The van der Waals surface area contributed by atoms with E-state index in [1.54, 1.807) is 22.7 Å². The zero-order valence-electron chi connectivity index (χ0n) is 8.53. The van der Waals surface area contributed by atoms with E-state index in [9.17, 15) is 0 Å². The van der Waals surface area contributed by atoms with Crippen LogP contribution < -0.4 is 18.0 Å². The highest BCUT2D eigenvalue weighted by Crippen LogP contribution is 2.36. The van der Waals surface area contributed by atoms with Gasteiger partial charge in [0, 0.05) is 12.8 Å². The Hall–Kier alpha value is -0.550. The molecule has 1 fully saturated rings. The Morgan fingerprint density at radius 3 is 2.07 bits per heavy atom. The molecule has 15 heavy (non-hydrogen) atoms. The standard InChI is InChI=1S/C10H14NO2S2/c1-2-4-11(5-3-1)10-14-8-9(15-10)13-7-6-12-8/h1-7H2/q+1. The summed E-state index contributed by atoms with van der Waals surface area (Å²) in [6, 6.07) is 0. The van der Waals surface area contributed by atoms with Crippen LogP contribution in [0.2, 0.25) is 0 Å². The molecular formula is C10H14NO2S2+. The van der Waals surface area contributed by atoms with Gasteiger partial charge in [-0.15, -0.1) is 0 Å². The van der Waals surface area contributed by atoms with Crippen molar-refractivity contribution in [2.24, 2.45) is 0 Å². The van der Waals surface area contributed by atoms with Crippen LogP contribution in [-0.2, 0) is 0 Å². The molecule has 3 rings (SSSR count). The second kappa shape index (κ2) is 4.14. The van der Waals surface area contributed by atoms with E-state index < -0.39 is 0 Å². The average molecular weight is 244 g/mol. The van der Waals surface area contributed by atoms with Crippen molar-refractivity contribution in [2.45, 2.75) is 19.3 Å². The van der Waals surface area contributed by atoms with Crippen LogP contribution in [0.15, 0.2) is 0 Å². The molecule has 82 valence electrons. The molecule has 0 atom stereocenters. The van der Waals surface area contributed by atoms with Gasteiger partial charge in [0.05, 0.1) is 0 Å². The molecule has 0 N–H and O–H groups in total. The summed E-state index contributed by atoms with van der Waals surface area (Å²) in [5.41, 5.74) is 0. The monoisotopic (exact) mass is 244 g/mol. The van der Waals surface area contributed by atoms with Crippen LogP contribution in [-0.4, -0.2) is 26.3 Å². The number of nitrogens with zero attached hydrogens (tertiary/aromatic N) is 1. The van der Waals surface area contributed by atoms with Gasteiger partial charge in [-0.3, -0.25) is 0 Å². The maximum atomic E-state index is 5.57. The third kappa shape index (κ3) is 1.90. The summed E-state index contributed by atoms with van der Waals surface area (Å²) in [7, 11) is 0. The summed E-state index contributed by atoms with van der Waals surface area (Å²) in [6.45, 7) is 3.77. The Kier molecular flexibility index (Phi) is 2.66.